The summed E-state index contributed by atoms with van der Waals surface area (Å²) in [6.07, 6.45) is 4.11. The highest BCUT2D eigenvalue weighted by atomic mass is 19.1. The molecule has 1 aromatic carbocycles. The standard InChI is InChI=1S/C17H20FN3O2/c1-10(2)23-11-6-7-14(13(18)8-11)21-17(22)12-4-3-5-15-16(12)20-9-19-15/h6-10,12H,3-5H2,1-2H3,(H,19,20)(H,21,22)/t12-/m1/s1. The fourth-order valence-corrected chi connectivity index (χ4v) is 2.87. The van der Waals surface area contributed by atoms with Crippen LogP contribution in [0.15, 0.2) is 24.5 Å². The van der Waals surface area contributed by atoms with Crippen molar-refractivity contribution in [2.24, 2.45) is 0 Å². The van der Waals surface area contributed by atoms with E-state index in [1.165, 1.54) is 12.1 Å². The van der Waals surface area contributed by atoms with E-state index in [0.717, 1.165) is 30.7 Å². The van der Waals surface area contributed by atoms with Crippen molar-refractivity contribution in [3.63, 3.8) is 0 Å². The average Bonchev–Trinajstić information content (AvgIpc) is 2.97. The Labute approximate surface area is 134 Å². The zero-order valence-electron chi connectivity index (χ0n) is 13.2. The van der Waals surface area contributed by atoms with Gasteiger partial charge in [0.25, 0.3) is 0 Å². The number of halogens is 1. The number of rotatable bonds is 4. The van der Waals surface area contributed by atoms with Crippen LogP contribution < -0.4 is 10.1 Å². The maximum Gasteiger partial charge on any atom is 0.233 e. The third kappa shape index (κ3) is 3.36. The number of H-pyrrole nitrogens is 1. The number of aromatic nitrogens is 2. The summed E-state index contributed by atoms with van der Waals surface area (Å²) in [6.45, 7) is 3.75. The number of imidazole rings is 1. The molecule has 1 atom stereocenters. The van der Waals surface area contributed by atoms with Gasteiger partial charge in [0.1, 0.15) is 11.6 Å². The molecule has 5 nitrogen and oxygen atoms in total. The van der Waals surface area contributed by atoms with Crippen LogP contribution >= 0.6 is 0 Å². The second-order valence-electron chi connectivity index (χ2n) is 6.01. The first-order valence-electron chi connectivity index (χ1n) is 7.84. The van der Waals surface area contributed by atoms with Crippen LogP contribution in [0.5, 0.6) is 5.75 Å². The molecule has 1 aromatic heterocycles. The van der Waals surface area contributed by atoms with Gasteiger partial charge in [-0.3, -0.25) is 4.79 Å². The summed E-state index contributed by atoms with van der Waals surface area (Å²) in [4.78, 5) is 19.8. The smallest absolute Gasteiger partial charge is 0.233 e. The molecule has 0 fully saturated rings. The number of ether oxygens (including phenoxy) is 1. The van der Waals surface area contributed by atoms with E-state index in [0.29, 0.717) is 5.75 Å². The van der Waals surface area contributed by atoms with Crippen molar-refractivity contribution in [3.8, 4) is 5.75 Å². The Kier molecular flexibility index (Phi) is 4.32. The fourth-order valence-electron chi connectivity index (χ4n) is 2.87. The minimum atomic E-state index is -0.505. The molecular weight excluding hydrogens is 297 g/mol. The third-order valence-electron chi connectivity index (χ3n) is 3.89. The lowest BCUT2D eigenvalue weighted by molar-refractivity contribution is -0.118. The number of carbonyl (C=O) groups excluding carboxylic acids is 1. The summed E-state index contributed by atoms with van der Waals surface area (Å²) in [5.41, 5.74) is 1.93. The molecule has 1 aliphatic carbocycles. The average molecular weight is 317 g/mol. The molecule has 3 rings (SSSR count). The molecule has 0 saturated carbocycles. The van der Waals surface area contributed by atoms with Crippen molar-refractivity contribution in [1.29, 1.82) is 0 Å². The molecule has 122 valence electrons. The summed E-state index contributed by atoms with van der Waals surface area (Å²) in [6, 6.07) is 4.47. The number of aromatic amines is 1. The molecule has 1 aliphatic rings. The zero-order chi connectivity index (χ0) is 16.4. The Bertz CT molecular complexity index is 712. The van der Waals surface area contributed by atoms with E-state index in [4.69, 9.17) is 4.74 Å². The predicted octanol–water partition coefficient (Wildman–Crippen LogP) is 3.39. The van der Waals surface area contributed by atoms with Gasteiger partial charge in [-0.25, -0.2) is 9.37 Å². The van der Waals surface area contributed by atoms with Gasteiger partial charge in [-0.1, -0.05) is 0 Å². The van der Waals surface area contributed by atoms with E-state index in [-0.39, 0.29) is 23.6 Å². The second-order valence-corrected chi connectivity index (χ2v) is 6.01. The van der Waals surface area contributed by atoms with E-state index in [2.05, 4.69) is 15.3 Å². The molecule has 1 amide bonds. The number of anilines is 1. The van der Waals surface area contributed by atoms with E-state index in [1.54, 1.807) is 12.4 Å². The molecule has 0 bridgehead atoms. The van der Waals surface area contributed by atoms with Gasteiger partial charge in [0.05, 0.1) is 29.7 Å². The monoisotopic (exact) mass is 317 g/mol. The van der Waals surface area contributed by atoms with Crippen molar-refractivity contribution >= 4 is 11.6 Å². The number of nitrogens with zero attached hydrogens (tertiary/aromatic N) is 1. The van der Waals surface area contributed by atoms with E-state index >= 15 is 0 Å². The number of aryl methyl sites for hydroxylation is 1. The molecule has 1 heterocycles. The van der Waals surface area contributed by atoms with Crippen LogP contribution in [-0.2, 0) is 11.2 Å². The van der Waals surface area contributed by atoms with E-state index < -0.39 is 5.82 Å². The Balaban J connectivity index is 1.74. The summed E-state index contributed by atoms with van der Waals surface area (Å²) >= 11 is 0. The van der Waals surface area contributed by atoms with Gasteiger partial charge in [0.2, 0.25) is 5.91 Å². The minimum Gasteiger partial charge on any atom is -0.491 e. The highest BCUT2D eigenvalue weighted by Crippen LogP contribution is 2.31. The first-order chi connectivity index (χ1) is 11.0. The lowest BCUT2D eigenvalue weighted by Gasteiger charge is -2.20. The van der Waals surface area contributed by atoms with Gasteiger partial charge in [0.15, 0.2) is 0 Å². The molecule has 6 heteroatoms. The van der Waals surface area contributed by atoms with Crippen LogP contribution in [0.1, 0.15) is 44.0 Å². The van der Waals surface area contributed by atoms with Gasteiger partial charge in [0, 0.05) is 11.8 Å². The van der Waals surface area contributed by atoms with Crippen molar-refractivity contribution < 1.29 is 13.9 Å². The van der Waals surface area contributed by atoms with Gasteiger partial charge >= 0.3 is 0 Å². The molecule has 0 saturated heterocycles. The third-order valence-corrected chi connectivity index (χ3v) is 3.89. The van der Waals surface area contributed by atoms with Crippen LogP contribution in [0.25, 0.3) is 0 Å². The quantitative estimate of drug-likeness (QED) is 0.908. The summed E-state index contributed by atoms with van der Waals surface area (Å²) in [5, 5.41) is 2.67. The maximum atomic E-state index is 14.1. The minimum absolute atomic E-state index is 0.0323. The van der Waals surface area contributed by atoms with Crippen molar-refractivity contribution in [1.82, 2.24) is 9.97 Å². The largest absolute Gasteiger partial charge is 0.491 e. The first kappa shape index (κ1) is 15.5. The molecule has 2 aromatic rings. The van der Waals surface area contributed by atoms with Crippen LogP contribution in [-0.4, -0.2) is 22.0 Å². The lowest BCUT2D eigenvalue weighted by atomic mass is 9.89. The number of hydrogen-bond acceptors (Lipinski definition) is 3. The molecule has 0 spiro atoms. The number of benzene rings is 1. The number of nitrogens with one attached hydrogen (secondary N) is 2. The summed E-state index contributed by atoms with van der Waals surface area (Å²) in [5.74, 6) is -0.622. The maximum absolute atomic E-state index is 14.1. The van der Waals surface area contributed by atoms with Crippen LogP contribution in [0.3, 0.4) is 0 Å². The Morgan fingerprint density at radius 3 is 3.04 bits per heavy atom. The number of fused-ring (bicyclic) bond motifs is 1. The molecular formula is C17H20FN3O2. The van der Waals surface area contributed by atoms with Gasteiger partial charge < -0.3 is 15.0 Å². The molecule has 23 heavy (non-hydrogen) atoms. The zero-order valence-corrected chi connectivity index (χ0v) is 13.2. The summed E-state index contributed by atoms with van der Waals surface area (Å²) in [7, 11) is 0. The molecule has 0 aliphatic heterocycles. The Hall–Kier alpha value is -2.37. The van der Waals surface area contributed by atoms with Gasteiger partial charge in [-0.05, 0) is 45.2 Å². The Morgan fingerprint density at radius 2 is 2.30 bits per heavy atom. The van der Waals surface area contributed by atoms with Gasteiger partial charge in [-0.2, -0.15) is 0 Å². The highest BCUT2D eigenvalue weighted by molar-refractivity contribution is 5.96. The van der Waals surface area contributed by atoms with E-state index in [1.807, 2.05) is 13.8 Å². The second kappa shape index (κ2) is 6.40. The van der Waals surface area contributed by atoms with Crippen LogP contribution in [0.4, 0.5) is 10.1 Å². The number of carbonyl (C=O) groups is 1. The van der Waals surface area contributed by atoms with Crippen molar-refractivity contribution in [2.75, 3.05) is 5.32 Å². The van der Waals surface area contributed by atoms with Gasteiger partial charge in [-0.15, -0.1) is 0 Å². The topological polar surface area (TPSA) is 67.0 Å². The fraction of sp³-hybridized carbons (Fsp3) is 0.412. The Morgan fingerprint density at radius 1 is 1.48 bits per heavy atom. The lowest BCUT2D eigenvalue weighted by Crippen LogP contribution is -2.25. The van der Waals surface area contributed by atoms with Crippen molar-refractivity contribution in [2.45, 2.75) is 45.1 Å². The van der Waals surface area contributed by atoms with Crippen LogP contribution in [0.2, 0.25) is 0 Å². The molecule has 0 unspecified atom stereocenters. The normalized spacial score (nSPS) is 17.0. The predicted molar refractivity (Wildman–Crippen MR) is 85.1 cm³/mol. The first-order valence-corrected chi connectivity index (χ1v) is 7.84. The van der Waals surface area contributed by atoms with Crippen molar-refractivity contribution in [3.05, 3.63) is 41.7 Å². The number of hydrogen-bond donors (Lipinski definition) is 2. The molecule has 0 radical (unpaired) electrons. The molecule has 2 N–H and O–H groups in total. The highest BCUT2D eigenvalue weighted by Gasteiger charge is 2.29. The number of amides is 1. The van der Waals surface area contributed by atoms with E-state index in [9.17, 15) is 9.18 Å². The van der Waals surface area contributed by atoms with Crippen LogP contribution in [0, 0.1) is 5.82 Å². The summed E-state index contributed by atoms with van der Waals surface area (Å²) < 4.78 is 19.6. The SMILES string of the molecule is CC(C)Oc1ccc(NC(=O)[C@@H]2CCCc3[nH]cnc32)c(F)c1.